The second kappa shape index (κ2) is 8.96. The molecule has 0 radical (unpaired) electrons. The minimum absolute atomic E-state index is 0.0222. The van der Waals surface area contributed by atoms with E-state index in [9.17, 15) is 9.59 Å². The largest absolute Gasteiger partial charge is 0.467 e. The number of aromatic nitrogens is 1. The van der Waals surface area contributed by atoms with Crippen LogP contribution in [0.5, 0.6) is 0 Å². The molecule has 1 saturated heterocycles. The number of benzene rings is 1. The lowest BCUT2D eigenvalue weighted by molar-refractivity contribution is -0.123. The lowest BCUT2D eigenvalue weighted by atomic mass is 10.1. The van der Waals surface area contributed by atoms with E-state index in [0.29, 0.717) is 27.6 Å². The summed E-state index contributed by atoms with van der Waals surface area (Å²) in [5.41, 5.74) is 1.86. The van der Waals surface area contributed by atoms with E-state index in [1.54, 1.807) is 17.2 Å². The number of thiocarbonyl (C=S) groups is 1. The Bertz CT molecular complexity index is 1210. The van der Waals surface area contributed by atoms with E-state index in [2.05, 4.69) is 5.32 Å². The Balaban J connectivity index is 1.39. The predicted octanol–water partition coefficient (Wildman–Crippen LogP) is 4.69. The van der Waals surface area contributed by atoms with Crippen molar-refractivity contribution in [3.05, 3.63) is 65.1 Å². The van der Waals surface area contributed by atoms with Crippen molar-refractivity contribution in [2.75, 3.05) is 0 Å². The molecule has 8 heteroatoms. The van der Waals surface area contributed by atoms with E-state index < -0.39 is 0 Å². The minimum Gasteiger partial charge on any atom is -0.467 e. The van der Waals surface area contributed by atoms with Crippen LogP contribution in [0, 0.1) is 0 Å². The standard InChI is InChI=1S/C24H23N3O3S2/c28-22(25-17-6-1-2-7-17)15-26-13-16(19-9-3-4-10-20(19)26)12-21-23(29)27(24(31)32-21)14-18-8-5-11-30-18/h3-5,8-13,17H,1-2,6-7,14-15H2,(H,25,28)/b21-12-. The highest BCUT2D eigenvalue weighted by molar-refractivity contribution is 8.26. The number of nitrogens with zero attached hydrogens (tertiary/aromatic N) is 2. The van der Waals surface area contributed by atoms with Crippen LogP contribution < -0.4 is 5.32 Å². The van der Waals surface area contributed by atoms with Gasteiger partial charge in [0.25, 0.3) is 5.91 Å². The van der Waals surface area contributed by atoms with Gasteiger partial charge in [-0.1, -0.05) is 55.0 Å². The highest BCUT2D eigenvalue weighted by atomic mass is 32.2. The molecule has 164 valence electrons. The highest BCUT2D eigenvalue weighted by Gasteiger charge is 2.33. The van der Waals surface area contributed by atoms with Crippen LogP contribution in [0.1, 0.15) is 37.0 Å². The summed E-state index contributed by atoms with van der Waals surface area (Å²) in [4.78, 5) is 27.7. The van der Waals surface area contributed by atoms with E-state index in [4.69, 9.17) is 16.6 Å². The van der Waals surface area contributed by atoms with Crippen molar-refractivity contribution in [1.29, 1.82) is 0 Å². The van der Waals surface area contributed by atoms with Gasteiger partial charge in [-0.2, -0.15) is 0 Å². The summed E-state index contributed by atoms with van der Waals surface area (Å²) in [5.74, 6) is 0.577. The van der Waals surface area contributed by atoms with Crippen LogP contribution in [-0.2, 0) is 22.7 Å². The number of carbonyl (C=O) groups excluding carboxylic acids is 2. The van der Waals surface area contributed by atoms with E-state index in [-0.39, 0.29) is 18.4 Å². The van der Waals surface area contributed by atoms with Crippen molar-refractivity contribution in [3.8, 4) is 0 Å². The van der Waals surface area contributed by atoms with Crippen molar-refractivity contribution in [2.24, 2.45) is 0 Å². The first-order valence-corrected chi connectivity index (χ1v) is 12.0. The Labute approximate surface area is 195 Å². The normalized spacial score (nSPS) is 18.4. The maximum Gasteiger partial charge on any atom is 0.266 e. The number of hydrogen-bond donors (Lipinski definition) is 1. The molecule has 3 aromatic rings. The van der Waals surface area contributed by atoms with E-state index in [1.807, 2.05) is 47.2 Å². The molecule has 0 atom stereocenters. The van der Waals surface area contributed by atoms with Crippen molar-refractivity contribution in [1.82, 2.24) is 14.8 Å². The monoisotopic (exact) mass is 465 g/mol. The summed E-state index contributed by atoms with van der Waals surface area (Å²) in [6.07, 6.45) is 9.87. The van der Waals surface area contributed by atoms with E-state index in [0.717, 1.165) is 29.3 Å². The van der Waals surface area contributed by atoms with Gasteiger partial charge in [-0.25, -0.2) is 0 Å². The second-order valence-electron chi connectivity index (χ2n) is 8.13. The molecule has 2 aromatic heterocycles. The summed E-state index contributed by atoms with van der Waals surface area (Å²) in [5, 5.41) is 4.15. The fourth-order valence-electron chi connectivity index (χ4n) is 4.36. The molecule has 0 unspecified atom stereocenters. The third kappa shape index (κ3) is 4.25. The zero-order valence-electron chi connectivity index (χ0n) is 17.5. The van der Waals surface area contributed by atoms with E-state index in [1.165, 1.54) is 24.6 Å². The molecular weight excluding hydrogens is 442 g/mol. The topological polar surface area (TPSA) is 67.5 Å². The maximum atomic E-state index is 13.0. The van der Waals surface area contributed by atoms with Crippen LogP contribution in [0.15, 0.2) is 58.2 Å². The molecule has 0 spiro atoms. The maximum absolute atomic E-state index is 13.0. The van der Waals surface area contributed by atoms with Crippen LogP contribution in [0.2, 0.25) is 0 Å². The van der Waals surface area contributed by atoms with Gasteiger partial charge in [-0.3, -0.25) is 14.5 Å². The molecule has 2 aliphatic rings. The molecule has 1 aromatic carbocycles. The number of para-hydroxylation sites is 1. The summed E-state index contributed by atoms with van der Waals surface area (Å²) < 4.78 is 7.83. The van der Waals surface area contributed by atoms with Crippen molar-refractivity contribution in [3.63, 3.8) is 0 Å². The van der Waals surface area contributed by atoms with Gasteiger partial charge in [0.1, 0.15) is 16.6 Å². The average Bonchev–Trinajstić information content (AvgIpc) is 3.57. The number of thioether (sulfide) groups is 1. The third-order valence-electron chi connectivity index (χ3n) is 5.91. The first-order chi connectivity index (χ1) is 15.6. The smallest absolute Gasteiger partial charge is 0.266 e. The molecule has 2 amide bonds. The number of amides is 2. The minimum atomic E-state index is -0.132. The van der Waals surface area contributed by atoms with Gasteiger partial charge in [0.2, 0.25) is 5.91 Å². The molecule has 0 bridgehead atoms. The lowest BCUT2D eigenvalue weighted by Gasteiger charge is -2.12. The fourth-order valence-corrected chi connectivity index (χ4v) is 5.60. The molecule has 32 heavy (non-hydrogen) atoms. The Morgan fingerprint density at radius 3 is 2.81 bits per heavy atom. The number of furan rings is 1. The number of fused-ring (bicyclic) bond motifs is 1. The SMILES string of the molecule is O=C(Cn1cc(/C=C2\SC(=S)N(Cc3ccco3)C2=O)c2ccccc21)NC1CCCC1. The van der Waals surface area contributed by atoms with Gasteiger partial charge >= 0.3 is 0 Å². The quantitative estimate of drug-likeness (QED) is 0.422. The van der Waals surface area contributed by atoms with Crippen LogP contribution in [0.25, 0.3) is 17.0 Å². The zero-order chi connectivity index (χ0) is 22.1. The predicted molar refractivity (Wildman–Crippen MR) is 130 cm³/mol. The molecule has 1 aliphatic carbocycles. The number of hydrogen-bond acceptors (Lipinski definition) is 5. The van der Waals surface area contributed by atoms with Gasteiger partial charge in [0, 0.05) is 28.7 Å². The fraction of sp³-hybridized carbons (Fsp3) is 0.292. The van der Waals surface area contributed by atoms with Gasteiger partial charge in [-0.05, 0) is 37.1 Å². The first kappa shape index (κ1) is 21.0. The first-order valence-electron chi connectivity index (χ1n) is 10.7. The summed E-state index contributed by atoms with van der Waals surface area (Å²) in [7, 11) is 0. The molecule has 1 N–H and O–H groups in total. The molecule has 1 aliphatic heterocycles. The Hall–Kier alpha value is -2.84. The lowest BCUT2D eigenvalue weighted by Crippen LogP contribution is -2.35. The van der Waals surface area contributed by atoms with Gasteiger partial charge in [0.05, 0.1) is 17.7 Å². The van der Waals surface area contributed by atoms with Crippen molar-refractivity contribution < 1.29 is 14.0 Å². The number of nitrogens with one attached hydrogen (secondary N) is 1. The van der Waals surface area contributed by atoms with Crippen LogP contribution in [0.3, 0.4) is 0 Å². The Morgan fingerprint density at radius 2 is 2.03 bits per heavy atom. The molecule has 5 rings (SSSR count). The Kier molecular flexibility index (Phi) is 5.89. The van der Waals surface area contributed by atoms with Gasteiger partial charge in [0.15, 0.2) is 0 Å². The number of rotatable bonds is 6. The molecular formula is C24H23N3O3S2. The second-order valence-corrected chi connectivity index (χ2v) is 9.80. The molecule has 3 heterocycles. The summed E-state index contributed by atoms with van der Waals surface area (Å²) in [6.45, 7) is 0.572. The van der Waals surface area contributed by atoms with Gasteiger partial charge in [-0.15, -0.1) is 0 Å². The van der Waals surface area contributed by atoms with Crippen LogP contribution in [-0.4, -0.2) is 31.6 Å². The summed E-state index contributed by atoms with van der Waals surface area (Å²) >= 11 is 6.73. The molecule has 6 nitrogen and oxygen atoms in total. The third-order valence-corrected chi connectivity index (χ3v) is 7.29. The highest BCUT2D eigenvalue weighted by Crippen LogP contribution is 2.35. The van der Waals surface area contributed by atoms with Gasteiger partial charge < -0.3 is 14.3 Å². The molecule has 1 saturated carbocycles. The number of carbonyl (C=O) groups is 2. The van der Waals surface area contributed by atoms with Crippen molar-refractivity contribution >= 4 is 57.1 Å². The Morgan fingerprint density at radius 1 is 1.22 bits per heavy atom. The van der Waals surface area contributed by atoms with E-state index >= 15 is 0 Å². The summed E-state index contributed by atoms with van der Waals surface area (Å²) in [6, 6.07) is 11.8. The van der Waals surface area contributed by atoms with Crippen molar-refractivity contribution in [2.45, 2.75) is 44.8 Å². The van der Waals surface area contributed by atoms with Crippen LogP contribution in [0.4, 0.5) is 0 Å². The average molecular weight is 466 g/mol. The molecule has 2 fully saturated rings. The zero-order valence-corrected chi connectivity index (χ0v) is 19.1. The van der Waals surface area contributed by atoms with Crippen LogP contribution >= 0.6 is 24.0 Å².